The highest BCUT2D eigenvalue weighted by Gasteiger charge is 2.36. The third-order valence-electron chi connectivity index (χ3n) is 5.63. The molecule has 4 rings (SSSR count). The highest BCUT2D eigenvalue weighted by molar-refractivity contribution is 6.52. The van der Waals surface area contributed by atoms with E-state index in [1.807, 2.05) is 24.3 Å². The number of methoxy groups -OCH3 is 1. The molecule has 1 saturated heterocycles. The predicted molar refractivity (Wildman–Crippen MR) is 111 cm³/mol. The summed E-state index contributed by atoms with van der Waals surface area (Å²) >= 11 is 0. The van der Waals surface area contributed by atoms with Crippen molar-refractivity contribution in [1.29, 1.82) is 0 Å². The van der Waals surface area contributed by atoms with Crippen LogP contribution in [0.15, 0.2) is 42.5 Å². The van der Waals surface area contributed by atoms with Crippen LogP contribution in [0.4, 0.5) is 10.1 Å². The zero-order valence-corrected chi connectivity index (χ0v) is 16.9. The molecule has 2 aromatic rings. The molecule has 0 atom stereocenters. The van der Waals surface area contributed by atoms with Gasteiger partial charge in [0.2, 0.25) is 0 Å². The number of ether oxygens (including phenoxy) is 1. The molecule has 0 spiro atoms. The Kier molecular flexibility index (Phi) is 6.08. The molecule has 0 aromatic heterocycles. The van der Waals surface area contributed by atoms with Gasteiger partial charge in [-0.2, -0.15) is 0 Å². The highest BCUT2D eigenvalue weighted by Crippen LogP contribution is 2.29. The molecular formula is C22H25FN4O3. The minimum Gasteiger partial charge on any atom is -0.496 e. The van der Waals surface area contributed by atoms with Gasteiger partial charge in [0.05, 0.1) is 18.4 Å². The van der Waals surface area contributed by atoms with Crippen molar-refractivity contribution in [2.24, 2.45) is 0 Å². The van der Waals surface area contributed by atoms with Crippen molar-refractivity contribution in [3.8, 4) is 5.75 Å². The molecule has 8 heteroatoms. The number of carbonyl (C=O) groups is 2. The van der Waals surface area contributed by atoms with E-state index in [2.05, 4.69) is 15.3 Å². The zero-order chi connectivity index (χ0) is 21.1. The topological polar surface area (TPSA) is 65.1 Å². The van der Waals surface area contributed by atoms with Crippen LogP contribution in [0.5, 0.6) is 5.75 Å². The third kappa shape index (κ3) is 4.21. The van der Waals surface area contributed by atoms with Crippen LogP contribution >= 0.6 is 0 Å². The second-order valence-electron chi connectivity index (χ2n) is 7.42. The summed E-state index contributed by atoms with van der Waals surface area (Å²) in [5, 5.41) is 2.19. The van der Waals surface area contributed by atoms with Crippen molar-refractivity contribution >= 4 is 17.4 Å². The van der Waals surface area contributed by atoms with Crippen LogP contribution in [0.2, 0.25) is 0 Å². The number of benzene rings is 2. The first-order chi connectivity index (χ1) is 14.6. The molecule has 0 radical (unpaired) electrons. The minimum absolute atomic E-state index is 0.158. The van der Waals surface area contributed by atoms with Crippen LogP contribution in [-0.2, 0) is 11.3 Å². The Morgan fingerprint density at radius 1 is 1.03 bits per heavy atom. The number of para-hydroxylation sites is 1. The van der Waals surface area contributed by atoms with E-state index in [9.17, 15) is 14.0 Å². The first-order valence-corrected chi connectivity index (χ1v) is 10.1. The number of ketones is 1. The maximum atomic E-state index is 13.4. The smallest absolute Gasteiger partial charge is 0.299 e. The molecule has 158 valence electrons. The predicted octanol–water partition coefficient (Wildman–Crippen LogP) is 1.69. The van der Waals surface area contributed by atoms with E-state index in [0.717, 1.165) is 43.6 Å². The maximum Gasteiger partial charge on any atom is 0.299 e. The highest BCUT2D eigenvalue weighted by atomic mass is 19.1. The molecule has 0 unspecified atom stereocenters. The number of anilines is 1. The van der Waals surface area contributed by atoms with Gasteiger partial charge in [-0.15, -0.1) is 0 Å². The van der Waals surface area contributed by atoms with E-state index in [1.165, 1.54) is 17.0 Å². The van der Waals surface area contributed by atoms with Gasteiger partial charge in [-0.05, 0) is 24.3 Å². The Labute approximate surface area is 175 Å². The summed E-state index contributed by atoms with van der Waals surface area (Å²) < 4.78 is 18.8. The number of Topliss-reactive ketones (excluding diaryl/α,β-unsaturated/α-hetero) is 1. The Bertz CT molecular complexity index is 944. The van der Waals surface area contributed by atoms with Crippen LogP contribution in [-0.4, -0.2) is 68.0 Å². The van der Waals surface area contributed by atoms with Crippen LogP contribution in [0.1, 0.15) is 15.9 Å². The Hall–Kier alpha value is -2.81. The van der Waals surface area contributed by atoms with Crippen molar-refractivity contribution < 1.29 is 18.7 Å². The first-order valence-electron chi connectivity index (χ1n) is 10.1. The van der Waals surface area contributed by atoms with Crippen molar-refractivity contribution in [3.63, 3.8) is 0 Å². The second-order valence-corrected chi connectivity index (χ2v) is 7.42. The number of halogens is 1. The van der Waals surface area contributed by atoms with E-state index >= 15 is 0 Å². The summed E-state index contributed by atoms with van der Waals surface area (Å²) in [7, 11) is 1.67. The van der Waals surface area contributed by atoms with Crippen molar-refractivity contribution in [2.75, 3.05) is 51.3 Å². The normalized spacial score (nSPS) is 17.5. The standard InChI is InChI=1S/C22H25FN4O3/c1-30-20-5-3-2-4-16(20)15-24-26-11-8-25(9-12-26)10-13-27-19-7-6-17(23)14-18(19)21(28)22(27)29/h2-7,14,24H,8-13,15H2,1H3. The monoisotopic (exact) mass is 412 g/mol. The van der Waals surface area contributed by atoms with Gasteiger partial charge in [0.15, 0.2) is 0 Å². The number of hydrazine groups is 1. The van der Waals surface area contributed by atoms with Gasteiger partial charge in [0.1, 0.15) is 11.6 Å². The molecule has 1 fully saturated rings. The van der Waals surface area contributed by atoms with Crippen molar-refractivity contribution in [3.05, 3.63) is 59.4 Å². The fourth-order valence-corrected chi connectivity index (χ4v) is 3.91. The van der Waals surface area contributed by atoms with Crippen LogP contribution < -0.4 is 15.1 Å². The number of carbonyl (C=O) groups excluding carboxylic acids is 2. The molecule has 0 bridgehead atoms. The van der Waals surface area contributed by atoms with Gasteiger partial charge in [0, 0.05) is 51.4 Å². The van der Waals surface area contributed by atoms with Gasteiger partial charge < -0.3 is 9.64 Å². The fourth-order valence-electron chi connectivity index (χ4n) is 3.91. The molecule has 2 heterocycles. The number of nitrogens with zero attached hydrogens (tertiary/aromatic N) is 3. The Morgan fingerprint density at radius 2 is 1.80 bits per heavy atom. The summed E-state index contributed by atoms with van der Waals surface area (Å²) in [4.78, 5) is 28.1. The summed E-state index contributed by atoms with van der Waals surface area (Å²) in [6.07, 6.45) is 0. The molecule has 1 amide bonds. The van der Waals surface area contributed by atoms with Gasteiger partial charge in [-0.25, -0.2) is 9.40 Å². The molecular weight excluding hydrogens is 387 g/mol. The maximum absolute atomic E-state index is 13.4. The number of fused-ring (bicyclic) bond motifs is 1. The van der Waals surface area contributed by atoms with Crippen molar-refractivity contribution in [1.82, 2.24) is 15.3 Å². The summed E-state index contributed by atoms with van der Waals surface area (Å²) in [6.45, 7) is 5.18. The summed E-state index contributed by atoms with van der Waals surface area (Å²) in [5.74, 6) is -0.843. The minimum atomic E-state index is -0.630. The zero-order valence-electron chi connectivity index (χ0n) is 16.9. The molecule has 2 aliphatic rings. The van der Waals surface area contributed by atoms with E-state index in [-0.39, 0.29) is 5.56 Å². The lowest BCUT2D eigenvalue weighted by Gasteiger charge is -2.35. The third-order valence-corrected chi connectivity index (χ3v) is 5.63. The first kappa shape index (κ1) is 20.5. The second kappa shape index (κ2) is 8.91. The van der Waals surface area contributed by atoms with Gasteiger partial charge >= 0.3 is 0 Å². The SMILES string of the molecule is COc1ccccc1CNN1CCN(CCN2C(=O)C(=O)c3cc(F)ccc32)CC1. The largest absolute Gasteiger partial charge is 0.496 e. The lowest BCUT2D eigenvalue weighted by molar-refractivity contribution is -0.114. The molecule has 2 aliphatic heterocycles. The fraction of sp³-hybridized carbons (Fsp3) is 0.364. The Morgan fingerprint density at radius 3 is 2.57 bits per heavy atom. The number of nitrogens with one attached hydrogen (secondary N) is 1. The van der Waals surface area contributed by atoms with Crippen molar-refractivity contribution in [2.45, 2.75) is 6.54 Å². The quantitative estimate of drug-likeness (QED) is 0.699. The summed E-state index contributed by atoms with van der Waals surface area (Å²) in [6, 6.07) is 11.9. The van der Waals surface area contributed by atoms with Crippen LogP contribution in [0.25, 0.3) is 0 Å². The molecule has 1 N–H and O–H groups in total. The van der Waals surface area contributed by atoms with Crippen LogP contribution in [0.3, 0.4) is 0 Å². The number of hydrogen-bond acceptors (Lipinski definition) is 6. The molecule has 2 aromatic carbocycles. The van der Waals surface area contributed by atoms with Gasteiger partial charge in [0.25, 0.3) is 11.7 Å². The lowest BCUT2D eigenvalue weighted by atomic mass is 10.1. The van der Waals surface area contributed by atoms with E-state index in [0.29, 0.717) is 25.3 Å². The van der Waals surface area contributed by atoms with Gasteiger partial charge in [-0.3, -0.25) is 19.9 Å². The number of piperazine rings is 1. The Balaban J connectivity index is 1.26. The molecule has 7 nitrogen and oxygen atoms in total. The average molecular weight is 412 g/mol. The van der Waals surface area contributed by atoms with Crippen LogP contribution in [0, 0.1) is 5.82 Å². The summed E-state index contributed by atoms with van der Waals surface area (Å²) in [5.41, 5.74) is 5.21. The number of rotatable bonds is 7. The lowest BCUT2D eigenvalue weighted by Crippen LogP contribution is -2.53. The van der Waals surface area contributed by atoms with E-state index in [4.69, 9.17) is 4.74 Å². The number of hydrogen-bond donors (Lipinski definition) is 1. The molecule has 0 aliphatic carbocycles. The van der Waals surface area contributed by atoms with Gasteiger partial charge in [-0.1, -0.05) is 18.2 Å². The van der Waals surface area contributed by atoms with E-state index < -0.39 is 17.5 Å². The molecule has 30 heavy (non-hydrogen) atoms. The average Bonchev–Trinajstić information content (AvgIpc) is 3.01. The molecule has 0 saturated carbocycles. The number of amides is 1. The van der Waals surface area contributed by atoms with E-state index in [1.54, 1.807) is 7.11 Å².